The summed E-state index contributed by atoms with van der Waals surface area (Å²) in [6.45, 7) is 7.72. The fourth-order valence-corrected chi connectivity index (χ4v) is 6.88. The van der Waals surface area contributed by atoms with E-state index in [4.69, 9.17) is 4.74 Å². The molecular weight excluding hydrogens is 470 g/mol. The van der Waals surface area contributed by atoms with Gasteiger partial charge in [0.25, 0.3) is 5.91 Å². The second-order valence-corrected chi connectivity index (χ2v) is 11.8. The molecule has 1 aliphatic rings. The second kappa shape index (κ2) is 10.1. The minimum Gasteiger partial charge on any atom is -0.383 e. The van der Waals surface area contributed by atoms with Crippen molar-refractivity contribution in [1.82, 2.24) is 8.87 Å². The Kier molecular flexibility index (Phi) is 7.37. The highest BCUT2D eigenvalue weighted by Crippen LogP contribution is 2.26. The molecule has 0 N–H and O–H groups in total. The predicted octanol–water partition coefficient (Wildman–Crippen LogP) is 3.80. The van der Waals surface area contributed by atoms with Crippen molar-refractivity contribution >= 4 is 37.5 Å². The Morgan fingerprint density at radius 3 is 2.56 bits per heavy atom. The van der Waals surface area contributed by atoms with Crippen molar-refractivity contribution in [2.45, 2.75) is 45.1 Å². The van der Waals surface area contributed by atoms with Gasteiger partial charge < -0.3 is 9.30 Å². The molecule has 0 aliphatic carbocycles. The zero-order chi connectivity index (χ0) is 24.5. The van der Waals surface area contributed by atoms with Crippen LogP contribution in [0, 0.1) is 26.7 Å². The summed E-state index contributed by atoms with van der Waals surface area (Å²) < 4.78 is 36.1. The van der Waals surface area contributed by atoms with E-state index >= 15 is 0 Å². The van der Waals surface area contributed by atoms with Crippen LogP contribution in [0.5, 0.6) is 0 Å². The van der Waals surface area contributed by atoms with Gasteiger partial charge in [-0.1, -0.05) is 29.0 Å². The molecule has 7 nitrogen and oxygen atoms in total. The van der Waals surface area contributed by atoms with E-state index in [-0.39, 0.29) is 17.3 Å². The van der Waals surface area contributed by atoms with Crippen LogP contribution in [-0.4, -0.2) is 50.0 Å². The van der Waals surface area contributed by atoms with Crippen LogP contribution >= 0.6 is 11.3 Å². The SMILES string of the molecule is COCCn1c(=NC(=O)C2CCCN(S(=O)(=O)c3ccc(C)cc3)C2)sc2cc(C)c(C)cc21. The maximum Gasteiger partial charge on any atom is 0.252 e. The predicted molar refractivity (Wildman–Crippen MR) is 134 cm³/mol. The Balaban J connectivity index is 1.64. The van der Waals surface area contributed by atoms with Crippen molar-refractivity contribution < 1.29 is 17.9 Å². The number of fused-ring (bicyclic) bond motifs is 1. The summed E-state index contributed by atoms with van der Waals surface area (Å²) in [5.41, 5.74) is 4.40. The molecule has 1 amide bonds. The molecule has 1 aromatic heterocycles. The maximum absolute atomic E-state index is 13.2. The number of carbonyl (C=O) groups is 1. The third-order valence-corrected chi connectivity index (χ3v) is 9.34. The largest absolute Gasteiger partial charge is 0.383 e. The second-order valence-electron chi connectivity index (χ2n) is 8.90. The summed E-state index contributed by atoms with van der Waals surface area (Å²) in [6.07, 6.45) is 1.26. The molecular formula is C25H31N3O4S2. The monoisotopic (exact) mass is 501 g/mol. The Labute approximate surface area is 204 Å². The summed E-state index contributed by atoms with van der Waals surface area (Å²) in [4.78, 5) is 18.6. The average Bonchev–Trinajstić information content (AvgIpc) is 3.13. The number of hydrogen-bond donors (Lipinski definition) is 0. The van der Waals surface area contributed by atoms with Crippen molar-refractivity contribution in [3.8, 4) is 0 Å². The third-order valence-electron chi connectivity index (χ3n) is 6.42. The van der Waals surface area contributed by atoms with Crippen LogP contribution in [0.2, 0.25) is 0 Å². The lowest BCUT2D eigenvalue weighted by Gasteiger charge is -2.30. The number of nitrogens with zero attached hydrogens (tertiary/aromatic N) is 3. The first kappa shape index (κ1) is 24.8. The van der Waals surface area contributed by atoms with Gasteiger partial charge in [0, 0.05) is 26.7 Å². The summed E-state index contributed by atoms with van der Waals surface area (Å²) in [5, 5.41) is 0. The molecule has 4 rings (SSSR count). The van der Waals surface area contributed by atoms with Gasteiger partial charge in [-0.05, 0) is 69.0 Å². The number of methoxy groups -OCH3 is 1. The Bertz CT molecular complexity index is 1370. The van der Waals surface area contributed by atoms with Crippen LogP contribution in [0.4, 0.5) is 0 Å². The van der Waals surface area contributed by atoms with E-state index < -0.39 is 15.9 Å². The molecule has 182 valence electrons. The van der Waals surface area contributed by atoms with Crippen LogP contribution in [0.25, 0.3) is 10.2 Å². The number of benzene rings is 2. The average molecular weight is 502 g/mol. The van der Waals surface area contributed by atoms with E-state index in [1.54, 1.807) is 31.4 Å². The molecule has 2 heterocycles. The zero-order valence-electron chi connectivity index (χ0n) is 20.1. The number of sulfonamides is 1. The molecule has 9 heteroatoms. The van der Waals surface area contributed by atoms with Gasteiger partial charge in [0.1, 0.15) is 0 Å². The van der Waals surface area contributed by atoms with Crippen LogP contribution in [0.3, 0.4) is 0 Å². The Hall–Kier alpha value is -2.33. The van der Waals surface area contributed by atoms with E-state index in [9.17, 15) is 13.2 Å². The standard InChI is InChI=1S/C25H31N3O4S2/c1-17-7-9-21(10-8-17)34(30,31)27-11-5-6-20(16-27)24(29)26-25-28(12-13-32-4)22-14-18(2)19(3)15-23(22)33-25/h7-10,14-15,20H,5-6,11-13,16H2,1-4H3. The Morgan fingerprint density at radius 1 is 1.15 bits per heavy atom. The first-order valence-electron chi connectivity index (χ1n) is 11.5. The highest BCUT2D eigenvalue weighted by Gasteiger charge is 2.33. The van der Waals surface area contributed by atoms with E-state index in [1.165, 1.54) is 26.8 Å². The Morgan fingerprint density at radius 2 is 1.85 bits per heavy atom. The van der Waals surface area contributed by atoms with Gasteiger partial charge in [-0.3, -0.25) is 4.79 Å². The smallest absolute Gasteiger partial charge is 0.252 e. The quantitative estimate of drug-likeness (QED) is 0.515. The molecule has 1 fully saturated rings. The molecule has 1 aliphatic heterocycles. The molecule has 2 aromatic carbocycles. The van der Waals surface area contributed by atoms with Crippen molar-refractivity contribution in [3.63, 3.8) is 0 Å². The summed E-state index contributed by atoms with van der Waals surface area (Å²) in [6, 6.07) is 11.1. The minimum absolute atomic E-state index is 0.153. The van der Waals surface area contributed by atoms with Crippen molar-refractivity contribution in [1.29, 1.82) is 0 Å². The van der Waals surface area contributed by atoms with Gasteiger partial charge in [0.05, 0.1) is 27.6 Å². The number of piperidine rings is 1. The van der Waals surface area contributed by atoms with Crippen LogP contribution in [0.15, 0.2) is 46.3 Å². The van der Waals surface area contributed by atoms with Gasteiger partial charge in [0.2, 0.25) is 10.0 Å². The number of carbonyl (C=O) groups excluding carboxylic acids is 1. The first-order valence-corrected chi connectivity index (χ1v) is 13.7. The fraction of sp³-hybridized carbons (Fsp3) is 0.440. The molecule has 1 atom stereocenters. The zero-order valence-corrected chi connectivity index (χ0v) is 21.7. The van der Waals surface area contributed by atoms with Crippen LogP contribution in [-0.2, 0) is 26.1 Å². The lowest BCUT2D eigenvalue weighted by atomic mass is 9.99. The molecule has 1 unspecified atom stereocenters. The third kappa shape index (κ3) is 5.02. The van der Waals surface area contributed by atoms with Crippen molar-refractivity contribution in [3.05, 3.63) is 57.9 Å². The van der Waals surface area contributed by atoms with E-state index in [1.807, 2.05) is 11.5 Å². The number of thiazole rings is 1. The van der Waals surface area contributed by atoms with Gasteiger partial charge in [-0.2, -0.15) is 9.30 Å². The molecule has 0 saturated carbocycles. The van der Waals surface area contributed by atoms with Gasteiger partial charge in [-0.15, -0.1) is 0 Å². The normalized spacial score (nSPS) is 18.0. The topological polar surface area (TPSA) is 81.0 Å². The van der Waals surface area contributed by atoms with Gasteiger partial charge in [0.15, 0.2) is 4.80 Å². The number of hydrogen-bond acceptors (Lipinski definition) is 5. The molecule has 3 aromatic rings. The van der Waals surface area contributed by atoms with E-state index in [2.05, 4.69) is 31.0 Å². The molecule has 1 saturated heterocycles. The fourth-order valence-electron chi connectivity index (χ4n) is 4.21. The molecule has 0 spiro atoms. The number of amides is 1. The van der Waals surface area contributed by atoms with Crippen molar-refractivity contribution in [2.75, 3.05) is 26.8 Å². The number of rotatable bonds is 6. The van der Waals surface area contributed by atoms with Crippen LogP contribution in [0.1, 0.15) is 29.5 Å². The van der Waals surface area contributed by atoms with Gasteiger partial charge in [-0.25, -0.2) is 8.42 Å². The minimum atomic E-state index is -3.65. The van der Waals surface area contributed by atoms with Crippen LogP contribution < -0.4 is 4.80 Å². The summed E-state index contributed by atoms with van der Waals surface area (Å²) >= 11 is 1.48. The lowest BCUT2D eigenvalue weighted by Crippen LogP contribution is -2.42. The maximum atomic E-state index is 13.2. The van der Waals surface area contributed by atoms with E-state index in [0.29, 0.717) is 37.3 Å². The number of aromatic nitrogens is 1. The molecule has 34 heavy (non-hydrogen) atoms. The molecule has 0 bridgehead atoms. The number of ether oxygens (including phenoxy) is 1. The lowest BCUT2D eigenvalue weighted by molar-refractivity contribution is -0.122. The summed E-state index contributed by atoms with van der Waals surface area (Å²) in [7, 11) is -2.00. The van der Waals surface area contributed by atoms with Gasteiger partial charge >= 0.3 is 0 Å². The highest BCUT2D eigenvalue weighted by atomic mass is 32.2. The molecule has 0 radical (unpaired) electrons. The first-order chi connectivity index (χ1) is 16.2. The number of aryl methyl sites for hydroxylation is 3. The van der Waals surface area contributed by atoms with E-state index in [0.717, 1.165) is 15.8 Å². The van der Waals surface area contributed by atoms with Crippen molar-refractivity contribution in [2.24, 2.45) is 10.9 Å². The highest BCUT2D eigenvalue weighted by molar-refractivity contribution is 7.89. The summed E-state index contributed by atoms with van der Waals surface area (Å²) in [5.74, 6) is -0.728.